The minimum atomic E-state index is 0.632. The smallest absolute Gasteiger partial charge is 0.181 e. The van der Waals surface area contributed by atoms with E-state index in [2.05, 4.69) is 4.98 Å². The Morgan fingerprint density at radius 1 is 1.78 bits per heavy atom. The van der Waals surface area contributed by atoms with Crippen LogP contribution in [-0.4, -0.2) is 11.5 Å². The molecule has 0 aliphatic rings. The number of nitrogens with two attached hydrogens (primary N) is 1. The van der Waals surface area contributed by atoms with Gasteiger partial charge in [-0.1, -0.05) is 0 Å². The highest BCUT2D eigenvalue weighted by atomic mass is 16.3. The monoisotopic (exact) mass is 126 g/mol. The van der Waals surface area contributed by atoms with Gasteiger partial charge in [-0.3, -0.25) is 0 Å². The van der Waals surface area contributed by atoms with Crippen LogP contribution in [0.3, 0.4) is 0 Å². The average molecular weight is 126 g/mol. The van der Waals surface area contributed by atoms with Crippen LogP contribution in [0.15, 0.2) is 10.8 Å². The summed E-state index contributed by atoms with van der Waals surface area (Å²) >= 11 is 0. The second-order valence-corrected chi connectivity index (χ2v) is 1.89. The van der Waals surface area contributed by atoms with Gasteiger partial charge in [-0.2, -0.15) is 0 Å². The Labute approximate surface area is 53.9 Å². The molecule has 1 aromatic heterocycles. The average Bonchev–Trinajstić information content (AvgIpc) is 2.18. The Bertz CT molecular complexity index is 183. The number of aromatic nitrogens is 1. The Kier molecular flexibility index (Phi) is 1.85. The van der Waals surface area contributed by atoms with E-state index in [0.29, 0.717) is 6.54 Å². The second kappa shape index (κ2) is 2.64. The molecule has 0 fully saturated rings. The zero-order valence-electron chi connectivity index (χ0n) is 5.42. The molecule has 1 rings (SSSR count). The third kappa shape index (κ3) is 1.29. The van der Waals surface area contributed by atoms with Crippen molar-refractivity contribution in [2.24, 2.45) is 5.73 Å². The summed E-state index contributed by atoms with van der Waals surface area (Å²) in [5, 5.41) is 0. The minimum absolute atomic E-state index is 0.632. The van der Waals surface area contributed by atoms with Gasteiger partial charge in [0.15, 0.2) is 6.39 Å². The molecule has 9 heavy (non-hydrogen) atoms. The van der Waals surface area contributed by atoms with Gasteiger partial charge in [-0.15, -0.1) is 0 Å². The van der Waals surface area contributed by atoms with E-state index in [-0.39, 0.29) is 0 Å². The van der Waals surface area contributed by atoms with Gasteiger partial charge >= 0.3 is 0 Å². The lowest BCUT2D eigenvalue weighted by Crippen LogP contribution is -2.03. The fourth-order valence-electron chi connectivity index (χ4n) is 0.705. The third-order valence-electron chi connectivity index (χ3n) is 1.23. The van der Waals surface area contributed by atoms with Crippen LogP contribution in [0.2, 0.25) is 0 Å². The van der Waals surface area contributed by atoms with Crippen LogP contribution in [0.25, 0.3) is 0 Å². The summed E-state index contributed by atoms with van der Waals surface area (Å²) in [6, 6.07) is 0. The molecule has 0 spiro atoms. The molecule has 0 amide bonds. The van der Waals surface area contributed by atoms with Gasteiger partial charge in [0.1, 0.15) is 5.76 Å². The number of aryl methyl sites for hydroxylation is 1. The lowest BCUT2D eigenvalue weighted by atomic mass is 10.3. The van der Waals surface area contributed by atoms with Crippen molar-refractivity contribution in [3.63, 3.8) is 0 Å². The molecule has 3 heteroatoms. The summed E-state index contributed by atoms with van der Waals surface area (Å²) in [6.45, 7) is 2.52. The van der Waals surface area contributed by atoms with E-state index >= 15 is 0 Å². The maximum Gasteiger partial charge on any atom is 0.181 e. The molecule has 0 radical (unpaired) electrons. The molecule has 0 unspecified atom stereocenters. The van der Waals surface area contributed by atoms with Crippen molar-refractivity contribution in [1.29, 1.82) is 0 Å². The predicted molar refractivity (Wildman–Crippen MR) is 34.0 cm³/mol. The van der Waals surface area contributed by atoms with E-state index in [9.17, 15) is 0 Å². The van der Waals surface area contributed by atoms with E-state index in [1.54, 1.807) is 0 Å². The predicted octanol–water partition coefficient (Wildman–Crippen LogP) is 0.484. The second-order valence-electron chi connectivity index (χ2n) is 1.89. The van der Waals surface area contributed by atoms with Crippen molar-refractivity contribution in [1.82, 2.24) is 4.98 Å². The number of oxazole rings is 1. The Morgan fingerprint density at radius 2 is 2.56 bits per heavy atom. The van der Waals surface area contributed by atoms with Crippen molar-refractivity contribution < 1.29 is 4.42 Å². The van der Waals surface area contributed by atoms with Crippen LogP contribution in [0.1, 0.15) is 11.5 Å². The van der Waals surface area contributed by atoms with E-state index < -0.39 is 0 Å². The zero-order valence-corrected chi connectivity index (χ0v) is 5.42. The van der Waals surface area contributed by atoms with Crippen LogP contribution in [0.5, 0.6) is 0 Å². The van der Waals surface area contributed by atoms with Crippen molar-refractivity contribution in [2.75, 3.05) is 6.54 Å². The lowest BCUT2D eigenvalue weighted by Gasteiger charge is -1.89. The Morgan fingerprint density at radius 3 is 3.00 bits per heavy atom. The molecule has 0 aliphatic heterocycles. The number of nitrogens with zero attached hydrogens (tertiary/aromatic N) is 1. The van der Waals surface area contributed by atoms with E-state index in [0.717, 1.165) is 17.9 Å². The maximum absolute atomic E-state index is 5.31. The van der Waals surface area contributed by atoms with Crippen molar-refractivity contribution in [2.45, 2.75) is 13.3 Å². The highest BCUT2D eigenvalue weighted by molar-refractivity contribution is 5.04. The molecule has 0 atom stereocenters. The fraction of sp³-hybridized carbons (Fsp3) is 0.500. The van der Waals surface area contributed by atoms with E-state index in [4.69, 9.17) is 10.2 Å². The molecule has 0 bridgehead atoms. The molecule has 0 aliphatic carbocycles. The summed E-state index contributed by atoms with van der Waals surface area (Å²) < 4.78 is 4.95. The van der Waals surface area contributed by atoms with Crippen LogP contribution in [0, 0.1) is 6.92 Å². The molecule has 2 N–H and O–H groups in total. The first-order chi connectivity index (χ1) is 4.34. The topological polar surface area (TPSA) is 52.0 Å². The molecule has 50 valence electrons. The highest BCUT2D eigenvalue weighted by Crippen LogP contribution is 2.03. The Balaban J connectivity index is 2.69. The van der Waals surface area contributed by atoms with Gasteiger partial charge in [0.25, 0.3) is 0 Å². The largest absolute Gasteiger partial charge is 0.449 e. The molecular formula is C6H10N2O. The van der Waals surface area contributed by atoms with Crippen molar-refractivity contribution in [3.8, 4) is 0 Å². The zero-order chi connectivity index (χ0) is 6.69. The first-order valence-electron chi connectivity index (χ1n) is 2.93. The maximum atomic E-state index is 5.31. The van der Waals surface area contributed by atoms with E-state index in [1.165, 1.54) is 6.39 Å². The fourth-order valence-corrected chi connectivity index (χ4v) is 0.705. The van der Waals surface area contributed by atoms with Crippen molar-refractivity contribution in [3.05, 3.63) is 17.8 Å². The summed E-state index contributed by atoms with van der Waals surface area (Å²) in [4.78, 5) is 3.96. The van der Waals surface area contributed by atoms with E-state index in [1.807, 2.05) is 6.92 Å². The first kappa shape index (κ1) is 6.29. The molecule has 0 aromatic carbocycles. The molecule has 0 saturated heterocycles. The third-order valence-corrected chi connectivity index (χ3v) is 1.23. The van der Waals surface area contributed by atoms with Gasteiger partial charge in [-0.25, -0.2) is 4.98 Å². The normalized spacial score (nSPS) is 10.0. The van der Waals surface area contributed by atoms with Gasteiger partial charge in [0.2, 0.25) is 0 Å². The van der Waals surface area contributed by atoms with Gasteiger partial charge in [0, 0.05) is 6.42 Å². The molecule has 3 nitrogen and oxygen atoms in total. The molecular weight excluding hydrogens is 116 g/mol. The summed E-state index contributed by atoms with van der Waals surface area (Å²) in [7, 11) is 0. The number of rotatable bonds is 2. The van der Waals surface area contributed by atoms with Crippen LogP contribution in [0.4, 0.5) is 0 Å². The number of hydrogen-bond donors (Lipinski definition) is 1. The lowest BCUT2D eigenvalue weighted by molar-refractivity contribution is 0.524. The first-order valence-corrected chi connectivity index (χ1v) is 2.93. The molecule has 1 aromatic rings. The van der Waals surface area contributed by atoms with Crippen LogP contribution >= 0.6 is 0 Å². The summed E-state index contributed by atoms with van der Waals surface area (Å²) in [6.07, 6.45) is 2.25. The van der Waals surface area contributed by atoms with Gasteiger partial charge < -0.3 is 10.2 Å². The SMILES string of the molecule is Cc1ocnc1CCN. The van der Waals surface area contributed by atoms with Crippen LogP contribution < -0.4 is 5.73 Å². The van der Waals surface area contributed by atoms with Crippen LogP contribution in [-0.2, 0) is 6.42 Å². The molecule has 0 saturated carbocycles. The highest BCUT2D eigenvalue weighted by Gasteiger charge is 1.99. The van der Waals surface area contributed by atoms with Crippen molar-refractivity contribution >= 4 is 0 Å². The minimum Gasteiger partial charge on any atom is -0.449 e. The summed E-state index contributed by atoms with van der Waals surface area (Å²) in [5.41, 5.74) is 6.28. The summed E-state index contributed by atoms with van der Waals surface area (Å²) in [5.74, 6) is 0.875. The van der Waals surface area contributed by atoms with Gasteiger partial charge in [-0.05, 0) is 13.5 Å². The number of hydrogen-bond acceptors (Lipinski definition) is 3. The Hall–Kier alpha value is -0.830. The van der Waals surface area contributed by atoms with Gasteiger partial charge in [0.05, 0.1) is 5.69 Å². The quantitative estimate of drug-likeness (QED) is 0.627. The standard InChI is InChI=1S/C6H10N2O/c1-5-6(2-3-7)8-4-9-5/h4H,2-3,7H2,1H3. The molecule has 1 heterocycles.